The fourth-order valence-corrected chi connectivity index (χ4v) is 4.74. The maximum atomic E-state index is 10.6. The van der Waals surface area contributed by atoms with Gasteiger partial charge in [0.25, 0.3) is 0 Å². The minimum atomic E-state index is 0.244. The Balaban J connectivity index is 1.72. The largest absolute Gasteiger partial charge is 0.507 e. The number of imidazole rings is 1. The number of phenolic OH excluding ortho intramolecular Hbond substituents is 1. The van der Waals surface area contributed by atoms with E-state index >= 15 is 0 Å². The number of para-hydroxylation sites is 1. The van der Waals surface area contributed by atoms with Crippen molar-refractivity contribution >= 4 is 33.5 Å². The Morgan fingerprint density at radius 1 is 1.13 bits per heavy atom. The number of aromatic nitrogens is 3. The van der Waals surface area contributed by atoms with Crippen LogP contribution >= 0.6 is 11.6 Å². The number of rotatable bonds is 4. The monoisotopic (exact) mass is 420 g/mol. The Morgan fingerprint density at radius 3 is 2.73 bits per heavy atom. The topological polar surface area (TPSA) is 63.0 Å². The lowest BCUT2D eigenvalue weighted by molar-refractivity contribution is 0.340. The molecule has 30 heavy (non-hydrogen) atoms. The maximum Gasteiger partial charge on any atom is 0.144 e. The first kappa shape index (κ1) is 19.3. The number of fused-ring (bicyclic) bond motifs is 3. The fourth-order valence-electron chi connectivity index (χ4n) is 4.58. The second kappa shape index (κ2) is 7.89. The van der Waals surface area contributed by atoms with Crippen molar-refractivity contribution in [2.75, 3.05) is 13.1 Å². The molecular formula is C24H25ClN4O. The van der Waals surface area contributed by atoms with E-state index in [4.69, 9.17) is 21.6 Å². The molecule has 0 aliphatic carbocycles. The molecule has 0 atom stereocenters. The van der Waals surface area contributed by atoms with Gasteiger partial charge in [-0.2, -0.15) is 0 Å². The van der Waals surface area contributed by atoms with Gasteiger partial charge in [-0.15, -0.1) is 0 Å². The van der Waals surface area contributed by atoms with Gasteiger partial charge in [-0.1, -0.05) is 23.7 Å². The molecule has 1 saturated heterocycles. The van der Waals surface area contributed by atoms with E-state index in [1.165, 1.54) is 12.8 Å². The standard InChI is InChI=1S/C24H25ClN4O/c1-15-22-23(18-7-6-17(25)14-20(18)27-15)29(13-10-16-8-11-26-12-9-16)24(28-22)19-4-2-3-5-21(19)30/h2-7,14,16,26,30H,8-13H2,1H3. The second-order valence-corrected chi connectivity index (χ2v) is 8.58. The highest BCUT2D eigenvalue weighted by Crippen LogP contribution is 2.36. The summed E-state index contributed by atoms with van der Waals surface area (Å²) in [6.07, 6.45) is 3.50. The number of hydrogen-bond donors (Lipinski definition) is 2. The van der Waals surface area contributed by atoms with Crippen LogP contribution < -0.4 is 5.32 Å². The highest BCUT2D eigenvalue weighted by molar-refractivity contribution is 6.31. The summed E-state index contributed by atoms with van der Waals surface area (Å²) >= 11 is 6.25. The zero-order valence-corrected chi connectivity index (χ0v) is 17.8. The number of nitrogens with zero attached hydrogens (tertiary/aromatic N) is 3. The molecule has 1 fully saturated rings. The number of phenols is 1. The SMILES string of the molecule is Cc1nc2cc(Cl)ccc2c2c1nc(-c1ccccc1O)n2CCC1CCNCC1. The molecule has 0 spiro atoms. The van der Waals surface area contributed by atoms with Crippen LogP contribution in [0.15, 0.2) is 42.5 Å². The molecule has 6 heteroatoms. The normalized spacial score (nSPS) is 15.3. The molecule has 2 N–H and O–H groups in total. The first-order valence-corrected chi connectivity index (χ1v) is 10.9. The van der Waals surface area contributed by atoms with E-state index < -0.39 is 0 Å². The molecule has 1 aliphatic rings. The van der Waals surface area contributed by atoms with Crippen LogP contribution in [0.3, 0.4) is 0 Å². The predicted molar refractivity (Wildman–Crippen MR) is 122 cm³/mol. The number of aryl methyl sites for hydroxylation is 2. The van der Waals surface area contributed by atoms with Crippen LogP contribution in [0.1, 0.15) is 25.0 Å². The summed E-state index contributed by atoms with van der Waals surface area (Å²) in [5.41, 5.74) is 4.45. The number of hydrogen-bond acceptors (Lipinski definition) is 4. The first-order chi connectivity index (χ1) is 14.6. The molecule has 0 radical (unpaired) electrons. The first-order valence-electron chi connectivity index (χ1n) is 10.6. The van der Waals surface area contributed by atoms with Crippen molar-refractivity contribution in [1.29, 1.82) is 0 Å². The number of aromatic hydroxyl groups is 1. The van der Waals surface area contributed by atoms with Crippen molar-refractivity contribution in [1.82, 2.24) is 19.9 Å². The summed E-state index contributed by atoms with van der Waals surface area (Å²) < 4.78 is 2.28. The van der Waals surface area contributed by atoms with E-state index in [2.05, 4.69) is 9.88 Å². The summed E-state index contributed by atoms with van der Waals surface area (Å²) in [5.74, 6) is 1.74. The quantitative estimate of drug-likeness (QED) is 0.469. The third kappa shape index (κ3) is 3.42. The second-order valence-electron chi connectivity index (χ2n) is 8.14. The van der Waals surface area contributed by atoms with E-state index in [1.54, 1.807) is 6.07 Å². The lowest BCUT2D eigenvalue weighted by Gasteiger charge is -2.23. The van der Waals surface area contributed by atoms with Crippen LogP contribution in [0.2, 0.25) is 5.02 Å². The summed E-state index contributed by atoms with van der Waals surface area (Å²) in [5, 5.41) is 15.7. The van der Waals surface area contributed by atoms with E-state index in [0.717, 1.165) is 65.1 Å². The predicted octanol–water partition coefficient (Wildman–Crippen LogP) is 5.31. The van der Waals surface area contributed by atoms with Gasteiger partial charge in [0.1, 0.15) is 17.1 Å². The summed E-state index contributed by atoms with van der Waals surface area (Å²) in [6.45, 7) is 5.02. The number of nitrogens with one attached hydrogen (secondary N) is 1. The smallest absolute Gasteiger partial charge is 0.144 e. The van der Waals surface area contributed by atoms with E-state index in [-0.39, 0.29) is 5.75 Å². The molecule has 2 aromatic heterocycles. The molecule has 5 rings (SSSR count). The lowest BCUT2D eigenvalue weighted by Crippen LogP contribution is -2.28. The number of piperidine rings is 1. The van der Waals surface area contributed by atoms with Crippen LogP contribution in [-0.2, 0) is 6.54 Å². The summed E-state index contributed by atoms with van der Waals surface area (Å²) in [6, 6.07) is 13.3. The Kier molecular flexibility index (Phi) is 5.09. The van der Waals surface area contributed by atoms with Crippen molar-refractivity contribution in [3.8, 4) is 17.1 Å². The van der Waals surface area contributed by atoms with Crippen molar-refractivity contribution in [2.24, 2.45) is 5.92 Å². The molecule has 0 unspecified atom stereocenters. The molecule has 5 nitrogen and oxygen atoms in total. The minimum absolute atomic E-state index is 0.244. The van der Waals surface area contributed by atoms with E-state index in [0.29, 0.717) is 10.9 Å². The molecule has 154 valence electrons. The van der Waals surface area contributed by atoms with Gasteiger partial charge in [-0.05, 0) is 75.5 Å². The van der Waals surface area contributed by atoms with Crippen molar-refractivity contribution in [3.05, 3.63) is 53.2 Å². The summed E-state index contributed by atoms with van der Waals surface area (Å²) in [4.78, 5) is 9.73. The van der Waals surface area contributed by atoms with Gasteiger partial charge in [0.15, 0.2) is 0 Å². The third-order valence-electron chi connectivity index (χ3n) is 6.18. The van der Waals surface area contributed by atoms with E-state index in [1.807, 2.05) is 43.3 Å². The van der Waals surface area contributed by atoms with E-state index in [9.17, 15) is 5.11 Å². The van der Waals surface area contributed by atoms with Crippen molar-refractivity contribution < 1.29 is 5.11 Å². The minimum Gasteiger partial charge on any atom is -0.507 e. The Hall–Kier alpha value is -2.63. The lowest BCUT2D eigenvalue weighted by atomic mass is 9.94. The zero-order chi connectivity index (χ0) is 20.7. The Morgan fingerprint density at radius 2 is 1.93 bits per heavy atom. The van der Waals surface area contributed by atoms with Gasteiger partial charge in [0.2, 0.25) is 0 Å². The van der Waals surface area contributed by atoms with Crippen LogP contribution in [-0.4, -0.2) is 32.7 Å². The Labute approximate surface area is 180 Å². The third-order valence-corrected chi connectivity index (χ3v) is 6.41. The summed E-state index contributed by atoms with van der Waals surface area (Å²) in [7, 11) is 0. The average Bonchev–Trinajstić information content (AvgIpc) is 3.13. The number of halogens is 1. The van der Waals surface area contributed by atoms with Gasteiger partial charge in [-0.25, -0.2) is 4.98 Å². The Bertz CT molecular complexity index is 1230. The molecule has 1 aliphatic heterocycles. The molecule has 2 aromatic carbocycles. The van der Waals surface area contributed by atoms with Crippen molar-refractivity contribution in [3.63, 3.8) is 0 Å². The molecule has 0 amide bonds. The maximum absolute atomic E-state index is 10.6. The number of pyridine rings is 1. The van der Waals surface area contributed by atoms with Crippen LogP contribution in [0.4, 0.5) is 0 Å². The average molecular weight is 421 g/mol. The molecule has 0 bridgehead atoms. The zero-order valence-electron chi connectivity index (χ0n) is 17.0. The number of benzene rings is 2. The molecule has 4 aromatic rings. The highest BCUT2D eigenvalue weighted by Gasteiger charge is 2.21. The molecule has 3 heterocycles. The fraction of sp³-hybridized carbons (Fsp3) is 0.333. The van der Waals surface area contributed by atoms with Crippen molar-refractivity contribution in [2.45, 2.75) is 32.7 Å². The van der Waals surface area contributed by atoms with Gasteiger partial charge in [-0.3, -0.25) is 4.98 Å². The molecular weight excluding hydrogens is 396 g/mol. The van der Waals surface area contributed by atoms with Crippen LogP contribution in [0, 0.1) is 12.8 Å². The molecule has 0 saturated carbocycles. The van der Waals surface area contributed by atoms with Gasteiger partial charge in [0, 0.05) is 17.0 Å². The van der Waals surface area contributed by atoms with Crippen LogP contribution in [0.5, 0.6) is 5.75 Å². The van der Waals surface area contributed by atoms with Gasteiger partial charge in [0.05, 0.1) is 22.3 Å². The van der Waals surface area contributed by atoms with Gasteiger partial charge >= 0.3 is 0 Å². The van der Waals surface area contributed by atoms with Gasteiger partial charge < -0.3 is 15.0 Å². The highest BCUT2D eigenvalue weighted by atomic mass is 35.5. The van der Waals surface area contributed by atoms with Crippen LogP contribution in [0.25, 0.3) is 33.3 Å².